The van der Waals surface area contributed by atoms with E-state index in [2.05, 4.69) is 0 Å². The Morgan fingerprint density at radius 2 is 2.00 bits per heavy atom. The van der Waals surface area contributed by atoms with Gasteiger partial charge in [-0.2, -0.15) is 0 Å². The average Bonchev–Trinajstić information content (AvgIpc) is 2.27. The first kappa shape index (κ1) is 14.0. The van der Waals surface area contributed by atoms with Gasteiger partial charge >= 0.3 is 5.97 Å². The van der Waals surface area contributed by atoms with Gasteiger partial charge in [-0.3, -0.25) is 4.79 Å². The third-order valence-electron chi connectivity index (χ3n) is 2.27. The quantitative estimate of drug-likeness (QED) is 0.882. The van der Waals surface area contributed by atoms with Gasteiger partial charge in [0.15, 0.2) is 6.10 Å². The number of carbonyl (C=O) groups is 2. The summed E-state index contributed by atoms with van der Waals surface area (Å²) in [6, 6.07) is 3.07. The number of rotatable bonds is 4. The van der Waals surface area contributed by atoms with Crippen molar-refractivity contribution in [3.8, 4) is 5.75 Å². The molecule has 18 heavy (non-hydrogen) atoms. The molecule has 1 rings (SSSR count). The monoisotopic (exact) mass is 255 g/mol. The van der Waals surface area contributed by atoms with E-state index in [0.29, 0.717) is 0 Å². The van der Waals surface area contributed by atoms with Crippen molar-refractivity contribution >= 4 is 11.9 Å². The summed E-state index contributed by atoms with van der Waals surface area (Å²) >= 11 is 0. The summed E-state index contributed by atoms with van der Waals surface area (Å²) < 4.78 is 18.3. The lowest BCUT2D eigenvalue weighted by atomic mass is 10.2. The Morgan fingerprint density at radius 3 is 2.50 bits per heavy atom. The number of carboxylic acid groups (broad SMARTS) is 1. The Bertz CT molecular complexity index is 473. The molecule has 0 aliphatic carbocycles. The van der Waals surface area contributed by atoms with E-state index in [9.17, 15) is 14.0 Å². The molecule has 1 N–H and O–H groups in total. The molecule has 98 valence electrons. The van der Waals surface area contributed by atoms with Crippen LogP contribution in [0.4, 0.5) is 4.39 Å². The molecule has 0 aliphatic rings. The molecule has 0 saturated heterocycles. The fourth-order valence-electron chi connectivity index (χ4n) is 1.37. The topological polar surface area (TPSA) is 66.8 Å². The fourth-order valence-corrected chi connectivity index (χ4v) is 1.37. The van der Waals surface area contributed by atoms with E-state index in [0.717, 1.165) is 18.2 Å². The predicted molar refractivity (Wildman–Crippen MR) is 62.1 cm³/mol. The van der Waals surface area contributed by atoms with Crippen LogP contribution in [0.2, 0.25) is 0 Å². The highest BCUT2D eigenvalue weighted by atomic mass is 19.1. The van der Waals surface area contributed by atoms with Crippen LogP contribution in [0.5, 0.6) is 5.75 Å². The number of benzene rings is 1. The van der Waals surface area contributed by atoms with Crippen LogP contribution in [-0.2, 0) is 4.79 Å². The second-order valence-corrected chi connectivity index (χ2v) is 3.94. The van der Waals surface area contributed by atoms with Crippen LogP contribution >= 0.6 is 0 Å². The van der Waals surface area contributed by atoms with Crippen LogP contribution in [-0.4, -0.2) is 42.1 Å². The van der Waals surface area contributed by atoms with Gasteiger partial charge in [0.25, 0.3) is 5.91 Å². The lowest BCUT2D eigenvalue weighted by molar-refractivity contribution is -0.135. The Hall–Kier alpha value is -2.11. The number of hydrogen-bond acceptors (Lipinski definition) is 3. The highest BCUT2D eigenvalue weighted by Gasteiger charge is 2.20. The molecule has 1 unspecified atom stereocenters. The van der Waals surface area contributed by atoms with Crippen molar-refractivity contribution in [2.24, 2.45) is 0 Å². The Labute approximate surface area is 104 Å². The van der Waals surface area contributed by atoms with E-state index >= 15 is 0 Å². The molecule has 1 aromatic rings. The molecular weight excluding hydrogens is 241 g/mol. The van der Waals surface area contributed by atoms with Gasteiger partial charge in [-0.25, -0.2) is 9.18 Å². The highest BCUT2D eigenvalue weighted by Crippen LogP contribution is 2.21. The van der Waals surface area contributed by atoms with Crippen LogP contribution in [0.1, 0.15) is 17.3 Å². The SMILES string of the molecule is CC(Oc1cc(F)ccc1C(=O)O)C(=O)N(C)C. The van der Waals surface area contributed by atoms with E-state index in [-0.39, 0.29) is 17.2 Å². The molecule has 0 fully saturated rings. The van der Waals surface area contributed by atoms with Gasteiger partial charge in [0, 0.05) is 20.2 Å². The molecule has 5 nitrogen and oxygen atoms in total. The highest BCUT2D eigenvalue weighted by molar-refractivity contribution is 5.91. The van der Waals surface area contributed by atoms with Crippen LogP contribution < -0.4 is 4.74 Å². The van der Waals surface area contributed by atoms with E-state index in [1.807, 2.05) is 0 Å². The summed E-state index contributed by atoms with van der Waals surface area (Å²) in [7, 11) is 3.09. The molecule has 0 radical (unpaired) electrons. The van der Waals surface area contributed by atoms with E-state index in [1.54, 1.807) is 14.1 Å². The maximum atomic E-state index is 13.1. The van der Waals surface area contributed by atoms with E-state index < -0.39 is 17.9 Å². The van der Waals surface area contributed by atoms with Gasteiger partial charge in [-0.1, -0.05) is 0 Å². The first-order chi connectivity index (χ1) is 8.32. The van der Waals surface area contributed by atoms with Gasteiger partial charge in [0.2, 0.25) is 0 Å². The number of halogens is 1. The average molecular weight is 255 g/mol. The Balaban J connectivity index is 2.99. The summed E-state index contributed by atoms with van der Waals surface area (Å²) in [5.41, 5.74) is -0.185. The van der Waals surface area contributed by atoms with Crippen molar-refractivity contribution in [1.82, 2.24) is 4.90 Å². The number of hydrogen-bond donors (Lipinski definition) is 1. The number of nitrogens with zero attached hydrogens (tertiary/aromatic N) is 1. The predicted octanol–water partition coefficient (Wildman–Crippen LogP) is 1.38. The minimum Gasteiger partial charge on any atom is -0.480 e. The largest absolute Gasteiger partial charge is 0.480 e. The number of likely N-dealkylation sites (N-methyl/N-ethyl adjacent to an activating group) is 1. The number of amides is 1. The molecule has 1 atom stereocenters. The molecule has 0 saturated carbocycles. The zero-order chi connectivity index (χ0) is 13.9. The maximum absolute atomic E-state index is 13.1. The summed E-state index contributed by atoms with van der Waals surface area (Å²) in [6.45, 7) is 1.47. The smallest absolute Gasteiger partial charge is 0.339 e. The minimum atomic E-state index is -1.24. The van der Waals surface area contributed by atoms with Crippen LogP contribution in [0.3, 0.4) is 0 Å². The molecule has 1 aromatic carbocycles. The maximum Gasteiger partial charge on any atom is 0.339 e. The van der Waals surface area contributed by atoms with Crippen LogP contribution in [0.15, 0.2) is 18.2 Å². The van der Waals surface area contributed by atoms with Gasteiger partial charge in [-0.15, -0.1) is 0 Å². The minimum absolute atomic E-state index is 0.162. The van der Waals surface area contributed by atoms with Crippen LogP contribution in [0, 0.1) is 5.82 Å². The first-order valence-corrected chi connectivity index (χ1v) is 5.23. The third-order valence-corrected chi connectivity index (χ3v) is 2.27. The third kappa shape index (κ3) is 3.19. The van der Waals surface area contributed by atoms with Crippen molar-refractivity contribution in [3.63, 3.8) is 0 Å². The zero-order valence-electron chi connectivity index (χ0n) is 10.3. The molecule has 0 bridgehead atoms. The lowest BCUT2D eigenvalue weighted by Crippen LogP contribution is -2.35. The Morgan fingerprint density at radius 1 is 1.39 bits per heavy atom. The normalized spacial score (nSPS) is 11.8. The number of aromatic carboxylic acids is 1. The number of carbonyl (C=O) groups excluding carboxylic acids is 1. The Kier molecular flexibility index (Phi) is 4.25. The van der Waals surface area contributed by atoms with Gasteiger partial charge in [0.05, 0.1) is 0 Å². The van der Waals surface area contributed by atoms with E-state index in [4.69, 9.17) is 9.84 Å². The van der Waals surface area contributed by atoms with E-state index in [1.165, 1.54) is 11.8 Å². The van der Waals surface area contributed by atoms with Crippen molar-refractivity contribution < 1.29 is 23.8 Å². The summed E-state index contributed by atoms with van der Waals surface area (Å²) in [5.74, 6) is -2.37. The molecular formula is C12H14FNO4. The summed E-state index contributed by atoms with van der Waals surface area (Å²) in [6.07, 6.45) is -0.889. The van der Waals surface area contributed by atoms with Gasteiger partial charge < -0.3 is 14.7 Å². The second-order valence-electron chi connectivity index (χ2n) is 3.94. The molecule has 0 aromatic heterocycles. The number of carboxylic acids is 1. The second kappa shape index (κ2) is 5.48. The molecule has 0 aliphatic heterocycles. The van der Waals surface area contributed by atoms with Crippen molar-refractivity contribution in [2.45, 2.75) is 13.0 Å². The zero-order valence-corrected chi connectivity index (χ0v) is 10.3. The molecule has 6 heteroatoms. The molecule has 0 spiro atoms. The number of ether oxygens (including phenoxy) is 1. The van der Waals surface area contributed by atoms with Crippen molar-refractivity contribution in [2.75, 3.05) is 14.1 Å². The van der Waals surface area contributed by atoms with Gasteiger partial charge in [0.1, 0.15) is 17.1 Å². The standard InChI is InChI=1S/C12H14FNO4/c1-7(11(15)14(2)3)18-10-6-8(13)4-5-9(10)12(16)17/h4-7H,1-3H3,(H,16,17). The molecule has 0 heterocycles. The van der Waals surface area contributed by atoms with Crippen molar-refractivity contribution in [1.29, 1.82) is 0 Å². The summed E-state index contributed by atoms with van der Waals surface area (Å²) in [4.78, 5) is 23.8. The first-order valence-electron chi connectivity index (χ1n) is 5.23. The van der Waals surface area contributed by atoms with Crippen molar-refractivity contribution in [3.05, 3.63) is 29.6 Å². The van der Waals surface area contributed by atoms with Gasteiger partial charge in [-0.05, 0) is 19.1 Å². The lowest BCUT2D eigenvalue weighted by Gasteiger charge is -2.19. The summed E-state index contributed by atoms with van der Waals surface area (Å²) in [5, 5.41) is 8.92. The fraction of sp³-hybridized carbons (Fsp3) is 0.333. The molecule has 1 amide bonds. The van der Waals surface area contributed by atoms with Crippen LogP contribution in [0.25, 0.3) is 0 Å².